The van der Waals surface area contributed by atoms with Crippen molar-refractivity contribution in [3.63, 3.8) is 0 Å². The Morgan fingerprint density at radius 3 is 2.26 bits per heavy atom. The highest BCUT2D eigenvalue weighted by Gasteiger charge is 2.13. The van der Waals surface area contributed by atoms with Gasteiger partial charge in [0.25, 0.3) is 0 Å². The Morgan fingerprint density at radius 2 is 1.52 bits per heavy atom. The van der Waals surface area contributed by atoms with E-state index in [0.29, 0.717) is 12.6 Å². The summed E-state index contributed by atoms with van der Waals surface area (Å²) < 4.78 is 5.99. The van der Waals surface area contributed by atoms with E-state index in [1.165, 1.54) is 16.3 Å². The van der Waals surface area contributed by atoms with Gasteiger partial charge in [-0.3, -0.25) is 0 Å². The summed E-state index contributed by atoms with van der Waals surface area (Å²) in [5.41, 5.74) is 1.33. The second-order valence-electron chi connectivity index (χ2n) is 6.04. The van der Waals surface area contributed by atoms with Crippen LogP contribution in [0.4, 0.5) is 0 Å². The zero-order chi connectivity index (χ0) is 16.1. The summed E-state index contributed by atoms with van der Waals surface area (Å²) in [7, 11) is 4.24. The first-order valence-electron chi connectivity index (χ1n) is 8.07. The maximum atomic E-state index is 5.99. The largest absolute Gasteiger partial charge is 0.494 e. The number of ether oxygens (including phenoxy) is 1. The lowest BCUT2D eigenvalue weighted by Crippen LogP contribution is -2.22. The van der Waals surface area contributed by atoms with Crippen molar-refractivity contribution in [3.8, 4) is 5.75 Å². The topological polar surface area (TPSA) is 12.5 Å². The van der Waals surface area contributed by atoms with Gasteiger partial charge in [0, 0.05) is 12.5 Å². The third-order valence-corrected chi connectivity index (χ3v) is 4.19. The predicted octanol–water partition coefficient (Wildman–Crippen LogP) is 4.91. The lowest BCUT2D eigenvalue weighted by Gasteiger charge is -2.24. The van der Waals surface area contributed by atoms with Crippen LogP contribution in [0.5, 0.6) is 5.75 Å². The van der Waals surface area contributed by atoms with Crippen molar-refractivity contribution in [2.75, 3.05) is 20.7 Å². The molecule has 0 aliphatic rings. The molecule has 0 heterocycles. The summed E-state index contributed by atoms with van der Waals surface area (Å²) in [5, 5.41) is 2.47. The zero-order valence-corrected chi connectivity index (χ0v) is 13.8. The molecule has 0 unspecified atom stereocenters. The van der Waals surface area contributed by atoms with Crippen molar-refractivity contribution in [2.45, 2.75) is 12.5 Å². The summed E-state index contributed by atoms with van der Waals surface area (Å²) in [6, 6.07) is 25.6. The normalized spacial score (nSPS) is 12.5. The summed E-state index contributed by atoms with van der Waals surface area (Å²) in [6.07, 6.45) is 0.962. The second-order valence-corrected chi connectivity index (χ2v) is 6.04. The molecule has 2 heteroatoms. The molecule has 0 fully saturated rings. The van der Waals surface area contributed by atoms with Crippen LogP contribution in [0.15, 0.2) is 72.8 Å². The highest BCUT2D eigenvalue weighted by atomic mass is 16.5. The van der Waals surface area contributed by atoms with Gasteiger partial charge in [-0.05, 0) is 42.6 Å². The SMILES string of the molecule is CN(C)[C@H](CCOc1ccc2ccccc2c1)c1ccccc1. The molecule has 0 aromatic heterocycles. The second kappa shape index (κ2) is 7.30. The van der Waals surface area contributed by atoms with Gasteiger partial charge in [-0.15, -0.1) is 0 Å². The number of rotatable bonds is 6. The summed E-state index contributed by atoms with van der Waals surface area (Å²) >= 11 is 0. The van der Waals surface area contributed by atoms with E-state index in [1.54, 1.807) is 0 Å². The highest BCUT2D eigenvalue weighted by molar-refractivity contribution is 5.83. The minimum atomic E-state index is 0.372. The minimum absolute atomic E-state index is 0.372. The van der Waals surface area contributed by atoms with Crippen molar-refractivity contribution in [3.05, 3.63) is 78.4 Å². The van der Waals surface area contributed by atoms with Gasteiger partial charge in [-0.1, -0.05) is 60.7 Å². The molecule has 0 saturated heterocycles. The molecule has 0 spiro atoms. The van der Waals surface area contributed by atoms with E-state index in [4.69, 9.17) is 4.74 Å². The van der Waals surface area contributed by atoms with Gasteiger partial charge in [0.15, 0.2) is 0 Å². The minimum Gasteiger partial charge on any atom is -0.494 e. The van der Waals surface area contributed by atoms with Crippen molar-refractivity contribution in [2.24, 2.45) is 0 Å². The molecule has 23 heavy (non-hydrogen) atoms. The molecule has 0 saturated carbocycles. The Kier molecular flexibility index (Phi) is 4.94. The third-order valence-electron chi connectivity index (χ3n) is 4.19. The molecule has 0 radical (unpaired) electrons. The van der Waals surface area contributed by atoms with E-state index in [2.05, 4.69) is 91.8 Å². The van der Waals surface area contributed by atoms with Crippen LogP contribution >= 0.6 is 0 Å². The van der Waals surface area contributed by atoms with Crippen LogP contribution < -0.4 is 4.74 Å². The Morgan fingerprint density at radius 1 is 0.826 bits per heavy atom. The van der Waals surface area contributed by atoms with Gasteiger partial charge >= 0.3 is 0 Å². The maximum absolute atomic E-state index is 5.99. The molecule has 2 nitrogen and oxygen atoms in total. The van der Waals surface area contributed by atoms with Crippen LogP contribution in [-0.4, -0.2) is 25.6 Å². The molecule has 118 valence electrons. The predicted molar refractivity (Wildman–Crippen MR) is 96.9 cm³/mol. The van der Waals surface area contributed by atoms with E-state index < -0.39 is 0 Å². The standard InChI is InChI=1S/C21H23NO/c1-22(2)21(18-9-4-3-5-10-18)14-15-23-20-13-12-17-8-6-7-11-19(17)16-20/h3-13,16,21H,14-15H2,1-2H3/t21-/m1/s1. The molecular weight excluding hydrogens is 282 g/mol. The quantitative estimate of drug-likeness (QED) is 0.641. The average molecular weight is 305 g/mol. The maximum Gasteiger partial charge on any atom is 0.119 e. The molecular formula is C21H23NO. The van der Waals surface area contributed by atoms with Gasteiger partial charge in [0.05, 0.1) is 6.61 Å². The first-order chi connectivity index (χ1) is 11.2. The van der Waals surface area contributed by atoms with Crippen molar-refractivity contribution < 1.29 is 4.74 Å². The number of hydrogen-bond donors (Lipinski definition) is 0. The first kappa shape index (κ1) is 15.6. The van der Waals surface area contributed by atoms with Crippen LogP contribution in [0.25, 0.3) is 10.8 Å². The Hall–Kier alpha value is -2.32. The van der Waals surface area contributed by atoms with E-state index in [-0.39, 0.29) is 0 Å². The zero-order valence-electron chi connectivity index (χ0n) is 13.8. The van der Waals surface area contributed by atoms with E-state index in [9.17, 15) is 0 Å². The summed E-state index contributed by atoms with van der Waals surface area (Å²) in [6.45, 7) is 0.704. The summed E-state index contributed by atoms with van der Waals surface area (Å²) in [4.78, 5) is 2.25. The fraction of sp³-hybridized carbons (Fsp3) is 0.238. The highest BCUT2D eigenvalue weighted by Crippen LogP contribution is 2.24. The molecule has 0 aliphatic heterocycles. The molecule has 0 amide bonds. The monoisotopic (exact) mass is 305 g/mol. The van der Waals surface area contributed by atoms with Crippen molar-refractivity contribution in [1.29, 1.82) is 0 Å². The molecule has 3 rings (SSSR count). The van der Waals surface area contributed by atoms with E-state index >= 15 is 0 Å². The smallest absolute Gasteiger partial charge is 0.119 e. The number of hydrogen-bond acceptors (Lipinski definition) is 2. The molecule has 0 bridgehead atoms. The van der Waals surface area contributed by atoms with Crippen LogP contribution in [0.1, 0.15) is 18.0 Å². The molecule has 3 aromatic rings. The van der Waals surface area contributed by atoms with Crippen LogP contribution in [0.3, 0.4) is 0 Å². The Bertz CT molecular complexity index is 752. The lowest BCUT2D eigenvalue weighted by molar-refractivity contribution is 0.224. The Labute approximate surface area is 138 Å². The van der Waals surface area contributed by atoms with Crippen LogP contribution in [0.2, 0.25) is 0 Å². The summed E-state index contributed by atoms with van der Waals surface area (Å²) in [5.74, 6) is 0.939. The number of fused-ring (bicyclic) bond motifs is 1. The van der Waals surface area contributed by atoms with Crippen LogP contribution in [0, 0.1) is 0 Å². The first-order valence-corrected chi connectivity index (χ1v) is 8.07. The molecule has 0 aliphatic carbocycles. The van der Waals surface area contributed by atoms with Crippen LogP contribution in [-0.2, 0) is 0 Å². The van der Waals surface area contributed by atoms with Gasteiger partial charge in [0.2, 0.25) is 0 Å². The van der Waals surface area contributed by atoms with Crippen molar-refractivity contribution >= 4 is 10.8 Å². The molecule has 1 atom stereocenters. The average Bonchev–Trinajstić information content (AvgIpc) is 2.59. The fourth-order valence-electron chi connectivity index (χ4n) is 2.94. The van der Waals surface area contributed by atoms with Gasteiger partial charge < -0.3 is 9.64 Å². The number of benzene rings is 3. The third kappa shape index (κ3) is 3.91. The van der Waals surface area contributed by atoms with E-state index in [1.807, 2.05) is 0 Å². The lowest BCUT2D eigenvalue weighted by atomic mass is 10.0. The van der Waals surface area contributed by atoms with Gasteiger partial charge in [-0.2, -0.15) is 0 Å². The molecule has 3 aromatic carbocycles. The fourth-order valence-corrected chi connectivity index (χ4v) is 2.94. The number of nitrogens with zero attached hydrogens (tertiary/aromatic N) is 1. The van der Waals surface area contributed by atoms with Gasteiger partial charge in [0.1, 0.15) is 5.75 Å². The molecule has 0 N–H and O–H groups in total. The van der Waals surface area contributed by atoms with E-state index in [0.717, 1.165) is 12.2 Å². The Balaban J connectivity index is 1.64. The van der Waals surface area contributed by atoms with Crippen molar-refractivity contribution in [1.82, 2.24) is 4.90 Å². The van der Waals surface area contributed by atoms with Gasteiger partial charge in [-0.25, -0.2) is 0 Å².